The van der Waals surface area contributed by atoms with E-state index in [2.05, 4.69) is 11.4 Å². The van der Waals surface area contributed by atoms with Crippen LogP contribution in [-0.2, 0) is 4.79 Å². The quantitative estimate of drug-likeness (QED) is 0.725. The molecule has 1 saturated carbocycles. The van der Waals surface area contributed by atoms with Crippen LogP contribution in [0.1, 0.15) is 40.0 Å². The molecule has 0 unspecified atom stereocenters. The van der Waals surface area contributed by atoms with E-state index in [9.17, 15) is 4.79 Å². The van der Waals surface area contributed by atoms with E-state index < -0.39 is 11.6 Å². The molecule has 0 bridgehead atoms. The van der Waals surface area contributed by atoms with Gasteiger partial charge in [-0.05, 0) is 24.7 Å². The van der Waals surface area contributed by atoms with E-state index >= 15 is 0 Å². The molecule has 0 spiro atoms. The number of nitriles is 1. The molecular weight excluding hydrogens is 190 g/mol. The normalized spacial score (nSPS) is 20.2. The minimum atomic E-state index is -0.605. The molecule has 1 fully saturated rings. The standard InChI is InChI=1S/C11H19N3O/c1-10(2,3)6-8(13)9(15)14-11(7-12)4-5-11/h8H,4-6,13H2,1-3H3,(H,14,15)/t8-/m0/s1. The Bertz CT molecular complexity index is 294. The van der Waals surface area contributed by atoms with Gasteiger partial charge in [0.2, 0.25) is 5.91 Å². The molecule has 4 nitrogen and oxygen atoms in total. The topological polar surface area (TPSA) is 78.9 Å². The van der Waals surface area contributed by atoms with Crippen LogP contribution in [0.2, 0.25) is 0 Å². The van der Waals surface area contributed by atoms with Crippen LogP contribution in [0.3, 0.4) is 0 Å². The Kier molecular flexibility index (Phi) is 3.05. The van der Waals surface area contributed by atoms with Gasteiger partial charge in [-0.2, -0.15) is 5.26 Å². The fourth-order valence-corrected chi connectivity index (χ4v) is 1.47. The highest BCUT2D eigenvalue weighted by molar-refractivity contribution is 5.83. The summed E-state index contributed by atoms with van der Waals surface area (Å²) in [7, 11) is 0. The van der Waals surface area contributed by atoms with E-state index in [1.165, 1.54) is 0 Å². The average Bonchev–Trinajstić information content (AvgIpc) is 2.82. The maximum Gasteiger partial charge on any atom is 0.238 e. The van der Waals surface area contributed by atoms with Crippen molar-refractivity contribution in [2.45, 2.75) is 51.6 Å². The van der Waals surface area contributed by atoms with Gasteiger partial charge in [-0.15, -0.1) is 0 Å². The number of rotatable bonds is 3. The second-order valence-electron chi connectivity index (χ2n) is 5.55. The van der Waals surface area contributed by atoms with Gasteiger partial charge in [0, 0.05) is 0 Å². The molecule has 1 atom stereocenters. The molecule has 0 aromatic heterocycles. The van der Waals surface area contributed by atoms with E-state index in [0.717, 1.165) is 12.8 Å². The zero-order valence-electron chi connectivity index (χ0n) is 9.63. The highest BCUT2D eigenvalue weighted by Gasteiger charge is 2.45. The Morgan fingerprint density at radius 1 is 1.60 bits per heavy atom. The summed E-state index contributed by atoms with van der Waals surface area (Å²) in [5.41, 5.74) is 5.19. The zero-order valence-corrected chi connectivity index (χ0v) is 9.63. The molecule has 1 rings (SSSR count). The van der Waals surface area contributed by atoms with Crippen molar-refractivity contribution in [3.8, 4) is 6.07 Å². The van der Waals surface area contributed by atoms with Crippen molar-refractivity contribution >= 4 is 5.91 Å². The van der Waals surface area contributed by atoms with Crippen LogP contribution in [-0.4, -0.2) is 17.5 Å². The molecule has 0 radical (unpaired) electrons. The third kappa shape index (κ3) is 3.52. The maximum absolute atomic E-state index is 11.6. The first kappa shape index (κ1) is 12.0. The number of carbonyl (C=O) groups excluding carboxylic acids is 1. The lowest BCUT2D eigenvalue weighted by atomic mass is 9.88. The molecule has 0 heterocycles. The molecule has 0 aromatic carbocycles. The first-order chi connectivity index (χ1) is 6.78. The summed E-state index contributed by atoms with van der Waals surface area (Å²) in [6.07, 6.45) is 2.12. The van der Waals surface area contributed by atoms with Crippen molar-refractivity contribution in [1.29, 1.82) is 5.26 Å². The van der Waals surface area contributed by atoms with Gasteiger partial charge < -0.3 is 11.1 Å². The lowest BCUT2D eigenvalue weighted by molar-refractivity contribution is -0.123. The molecule has 1 aliphatic carbocycles. The molecule has 1 aliphatic rings. The van der Waals surface area contributed by atoms with Crippen LogP contribution in [0, 0.1) is 16.7 Å². The summed E-state index contributed by atoms with van der Waals surface area (Å²) in [6, 6.07) is 1.60. The molecule has 4 heteroatoms. The van der Waals surface area contributed by atoms with E-state index in [4.69, 9.17) is 11.0 Å². The maximum atomic E-state index is 11.6. The highest BCUT2D eigenvalue weighted by Crippen LogP contribution is 2.34. The van der Waals surface area contributed by atoms with Gasteiger partial charge in [-0.1, -0.05) is 20.8 Å². The minimum Gasteiger partial charge on any atom is -0.336 e. The number of nitrogens with zero attached hydrogens (tertiary/aromatic N) is 1. The Labute approximate surface area is 90.8 Å². The number of carbonyl (C=O) groups is 1. The van der Waals surface area contributed by atoms with Gasteiger partial charge in [-0.3, -0.25) is 4.79 Å². The average molecular weight is 209 g/mol. The molecule has 0 aliphatic heterocycles. The number of hydrogen-bond donors (Lipinski definition) is 2. The molecule has 0 aromatic rings. The zero-order chi connectivity index (χ0) is 11.7. The molecule has 0 saturated heterocycles. The van der Waals surface area contributed by atoms with E-state index in [1.54, 1.807) is 0 Å². The summed E-state index contributed by atoms with van der Waals surface area (Å²) in [5, 5.41) is 11.5. The predicted molar refractivity (Wildman–Crippen MR) is 57.8 cm³/mol. The summed E-state index contributed by atoms with van der Waals surface area (Å²) in [5.74, 6) is -0.205. The number of amides is 1. The summed E-state index contributed by atoms with van der Waals surface area (Å²) >= 11 is 0. The van der Waals surface area contributed by atoms with E-state index in [-0.39, 0.29) is 11.3 Å². The highest BCUT2D eigenvalue weighted by atomic mass is 16.2. The summed E-state index contributed by atoms with van der Waals surface area (Å²) in [4.78, 5) is 11.6. The molecule has 3 N–H and O–H groups in total. The first-order valence-corrected chi connectivity index (χ1v) is 5.27. The summed E-state index contributed by atoms with van der Waals surface area (Å²) < 4.78 is 0. The molecular formula is C11H19N3O. The first-order valence-electron chi connectivity index (χ1n) is 5.27. The smallest absolute Gasteiger partial charge is 0.238 e. The number of hydrogen-bond acceptors (Lipinski definition) is 3. The fourth-order valence-electron chi connectivity index (χ4n) is 1.47. The van der Waals surface area contributed by atoms with Gasteiger partial charge in [-0.25, -0.2) is 0 Å². The van der Waals surface area contributed by atoms with Crippen LogP contribution in [0.4, 0.5) is 0 Å². The monoisotopic (exact) mass is 209 g/mol. The molecule has 1 amide bonds. The van der Waals surface area contributed by atoms with Crippen LogP contribution in [0.5, 0.6) is 0 Å². The van der Waals surface area contributed by atoms with E-state index in [0.29, 0.717) is 6.42 Å². The minimum absolute atomic E-state index is 0.0279. The number of nitrogens with one attached hydrogen (secondary N) is 1. The van der Waals surface area contributed by atoms with Crippen LogP contribution in [0.25, 0.3) is 0 Å². The Morgan fingerprint density at radius 3 is 2.47 bits per heavy atom. The second kappa shape index (κ2) is 3.82. The van der Waals surface area contributed by atoms with Crippen molar-refractivity contribution in [2.75, 3.05) is 0 Å². The Morgan fingerprint density at radius 2 is 2.13 bits per heavy atom. The van der Waals surface area contributed by atoms with Crippen molar-refractivity contribution < 1.29 is 4.79 Å². The van der Waals surface area contributed by atoms with Crippen molar-refractivity contribution in [3.63, 3.8) is 0 Å². The lowest BCUT2D eigenvalue weighted by Gasteiger charge is -2.23. The Hall–Kier alpha value is -1.08. The lowest BCUT2D eigenvalue weighted by Crippen LogP contribution is -2.47. The van der Waals surface area contributed by atoms with Gasteiger partial charge in [0.15, 0.2) is 0 Å². The van der Waals surface area contributed by atoms with Crippen LogP contribution >= 0.6 is 0 Å². The predicted octanol–water partition coefficient (Wildman–Crippen LogP) is 0.922. The van der Waals surface area contributed by atoms with Crippen LogP contribution < -0.4 is 11.1 Å². The van der Waals surface area contributed by atoms with Gasteiger partial charge in [0.05, 0.1) is 12.1 Å². The van der Waals surface area contributed by atoms with Crippen molar-refractivity contribution in [2.24, 2.45) is 11.1 Å². The molecule has 15 heavy (non-hydrogen) atoms. The Balaban J connectivity index is 2.45. The van der Waals surface area contributed by atoms with Crippen LogP contribution in [0.15, 0.2) is 0 Å². The van der Waals surface area contributed by atoms with Gasteiger partial charge in [0.25, 0.3) is 0 Å². The van der Waals surface area contributed by atoms with Gasteiger partial charge >= 0.3 is 0 Å². The van der Waals surface area contributed by atoms with Crippen molar-refractivity contribution in [1.82, 2.24) is 5.32 Å². The second-order valence-corrected chi connectivity index (χ2v) is 5.55. The van der Waals surface area contributed by atoms with Gasteiger partial charge in [0.1, 0.15) is 5.54 Å². The van der Waals surface area contributed by atoms with Crippen molar-refractivity contribution in [3.05, 3.63) is 0 Å². The summed E-state index contributed by atoms with van der Waals surface area (Å²) in [6.45, 7) is 6.12. The third-order valence-electron chi connectivity index (χ3n) is 2.50. The number of nitrogens with two attached hydrogens (primary N) is 1. The fraction of sp³-hybridized carbons (Fsp3) is 0.818. The SMILES string of the molecule is CC(C)(C)C[C@H](N)C(=O)NC1(C#N)CC1. The van der Waals surface area contributed by atoms with E-state index in [1.807, 2.05) is 20.8 Å². The molecule has 84 valence electrons. The third-order valence-corrected chi connectivity index (χ3v) is 2.50. The largest absolute Gasteiger partial charge is 0.336 e.